The lowest BCUT2D eigenvalue weighted by Crippen LogP contribution is -2.39. The highest BCUT2D eigenvalue weighted by atomic mass is 32.4. The van der Waals surface area contributed by atoms with E-state index in [1.165, 1.54) is 0 Å². The van der Waals surface area contributed by atoms with Crippen molar-refractivity contribution in [2.45, 2.75) is 0 Å². The third kappa shape index (κ3) is 5.84. The van der Waals surface area contributed by atoms with Gasteiger partial charge in [0.25, 0.3) is 0 Å². The van der Waals surface area contributed by atoms with Crippen molar-refractivity contribution in [3.8, 4) is 0 Å². The lowest BCUT2D eigenvalue weighted by molar-refractivity contribution is 1.02. The number of rotatable bonds is 9. The van der Waals surface area contributed by atoms with Gasteiger partial charge in [-0.05, 0) is 48.2 Å². The Morgan fingerprint density at radius 3 is 1.00 bits per heavy atom. The van der Waals surface area contributed by atoms with Crippen molar-refractivity contribution in [1.29, 1.82) is 0 Å². The van der Waals surface area contributed by atoms with Gasteiger partial charge in [0.2, 0.25) is 0 Å². The van der Waals surface area contributed by atoms with Crippen LogP contribution < -0.4 is 31.9 Å². The minimum atomic E-state index is -2.47. The molecule has 26 heavy (non-hydrogen) atoms. The molecule has 0 unspecified atom stereocenters. The Bertz CT molecular complexity index is 719. The number of hydrogen-bond acceptors (Lipinski definition) is 4. The molecule has 134 valence electrons. The molecule has 8 heteroatoms. The van der Waals surface area contributed by atoms with Gasteiger partial charge >= 0.3 is 0 Å². The van der Waals surface area contributed by atoms with Crippen molar-refractivity contribution in [1.82, 2.24) is 15.6 Å². The molecule has 0 saturated carbocycles. The number of anilines is 3. The fourth-order valence-electron chi connectivity index (χ4n) is 2.08. The molecular formula is C18H21N6PS. The molecule has 0 spiro atoms. The fourth-order valence-corrected chi connectivity index (χ4v) is 3.52. The van der Waals surface area contributed by atoms with Gasteiger partial charge in [-0.25, -0.2) is 0 Å². The van der Waals surface area contributed by atoms with E-state index in [1.54, 1.807) is 0 Å². The Morgan fingerprint density at radius 1 is 0.462 bits per heavy atom. The zero-order chi connectivity index (χ0) is 18.1. The Balaban J connectivity index is 1.65. The summed E-state index contributed by atoms with van der Waals surface area (Å²) in [5.41, 5.74) is 12.2. The molecule has 0 aliphatic carbocycles. The molecule has 0 atom stereocenters. The van der Waals surface area contributed by atoms with Crippen molar-refractivity contribution in [2.24, 2.45) is 0 Å². The predicted molar refractivity (Wildman–Crippen MR) is 114 cm³/mol. The average molecular weight is 384 g/mol. The van der Waals surface area contributed by atoms with Crippen LogP contribution in [0.15, 0.2) is 91.0 Å². The Hall–Kier alpha value is -2.41. The Labute approximate surface area is 158 Å². The van der Waals surface area contributed by atoms with Gasteiger partial charge in [-0.3, -0.25) is 0 Å². The monoisotopic (exact) mass is 384 g/mol. The first kappa shape index (κ1) is 18.4. The van der Waals surface area contributed by atoms with Crippen molar-refractivity contribution in [3.63, 3.8) is 0 Å². The first-order chi connectivity index (χ1) is 12.7. The summed E-state index contributed by atoms with van der Waals surface area (Å²) in [6.07, 6.45) is 0. The number of benzene rings is 3. The summed E-state index contributed by atoms with van der Waals surface area (Å²) in [5, 5.41) is 9.54. The highest BCUT2D eigenvalue weighted by Crippen LogP contribution is 2.30. The maximum absolute atomic E-state index is 5.79. The second-order valence-electron chi connectivity index (χ2n) is 5.42. The molecule has 6 N–H and O–H groups in total. The van der Waals surface area contributed by atoms with Gasteiger partial charge in [-0.15, -0.1) is 0 Å². The quantitative estimate of drug-likeness (QED) is 0.246. The van der Waals surface area contributed by atoms with Gasteiger partial charge in [0.15, 0.2) is 6.49 Å². The van der Waals surface area contributed by atoms with E-state index in [0.29, 0.717) is 0 Å². The molecule has 3 aromatic carbocycles. The summed E-state index contributed by atoms with van der Waals surface area (Å²) in [6, 6.07) is 29.4. The van der Waals surface area contributed by atoms with Crippen LogP contribution in [-0.4, -0.2) is 0 Å². The highest BCUT2D eigenvalue weighted by Gasteiger charge is 2.15. The summed E-state index contributed by atoms with van der Waals surface area (Å²) in [7, 11) is 0. The maximum atomic E-state index is 5.79. The predicted octanol–water partition coefficient (Wildman–Crippen LogP) is 4.06. The first-order valence-corrected chi connectivity index (χ1v) is 10.9. The molecule has 3 aromatic rings. The maximum Gasteiger partial charge on any atom is 0.190 e. The zero-order valence-corrected chi connectivity index (χ0v) is 15.7. The minimum absolute atomic E-state index is 0.921. The van der Waals surface area contributed by atoms with E-state index in [4.69, 9.17) is 11.8 Å². The molecule has 0 saturated heterocycles. The van der Waals surface area contributed by atoms with Crippen molar-refractivity contribution in [2.75, 3.05) is 16.3 Å². The van der Waals surface area contributed by atoms with Crippen molar-refractivity contribution >= 4 is 35.4 Å². The standard InChI is InChI=1S/C18H21N6PS/c26-25(22-19-16-10-4-1-5-11-16,23-20-17-12-6-2-7-13-17)24-21-18-14-8-3-9-15-18/h1-15,19-21H,(H3,22,23,24,26). The zero-order valence-electron chi connectivity index (χ0n) is 14.0. The average Bonchev–Trinajstić information content (AvgIpc) is 2.72. The van der Waals surface area contributed by atoms with Gasteiger partial charge in [-0.1, -0.05) is 54.6 Å². The molecule has 0 fully saturated rings. The van der Waals surface area contributed by atoms with Gasteiger partial charge in [0.1, 0.15) is 0 Å². The van der Waals surface area contributed by atoms with Gasteiger partial charge in [-0.2, -0.15) is 15.6 Å². The van der Waals surface area contributed by atoms with Gasteiger partial charge in [0, 0.05) is 17.1 Å². The van der Waals surface area contributed by atoms with Crippen LogP contribution in [0, 0.1) is 0 Å². The van der Waals surface area contributed by atoms with Crippen LogP contribution in [0.25, 0.3) is 0 Å². The molecule has 3 rings (SSSR count). The second kappa shape index (κ2) is 9.33. The third-order valence-electron chi connectivity index (χ3n) is 3.39. The second-order valence-corrected chi connectivity index (χ2v) is 8.95. The van der Waals surface area contributed by atoms with E-state index in [1.807, 2.05) is 91.0 Å². The van der Waals surface area contributed by atoms with Crippen molar-refractivity contribution < 1.29 is 0 Å². The molecule has 0 aromatic heterocycles. The number of nitrogens with one attached hydrogen (secondary N) is 6. The van der Waals surface area contributed by atoms with Gasteiger partial charge in [0.05, 0.1) is 0 Å². The lowest BCUT2D eigenvalue weighted by atomic mass is 10.3. The minimum Gasteiger partial charge on any atom is -0.315 e. The topological polar surface area (TPSA) is 72.2 Å². The fraction of sp³-hybridized carbons (Fsp3) is 0. The summed E-state index contributed by atoms with van der Waals surface area (Å²) >= 11 is 5.79. The first-order valence-electron chi connectivity index (χ1n) is 8.09. The summed E-state index contributed by atoms with van der Waals surface area (Å²) < 4.78 is 0. The van der Waals surface area contributed by atoms with E-state index in [2.05, 4.69) is 31.9 Å². The molecule has 0 bridgehead atoms. The molecule has 6 nitrogen and oxygen atoms in total. The van der Waals surface area contributed by atoms with E-state index in [9.17, 15) is 0 Å². The summed E-state index contributed by atoms with van der Waals surface area (Å²) in [5.74, 6) is 0. The van der Waals surface area contributed by atoms with E-state index in [-0.39, 0.29) is 0 Å². The van der Waals surface area contributed by atoms with Crippen LogP contribution in [0.5, 0.6) is 0 Å². The number of hydrogen-bond donors (Lipinski definition) is 6. The number of hydrazine groups is 3. The highest BCUT2D eigenvalue weighted by molar-refractivity contribution is 8.11. The van der Waals surface area contributed by atoms with Crippen LogP contribution in [0.3, 0.4) is 0 Å². The summed E-state index contributed by atoms with van der Waals surface area (Å²) in [4.78, 5) is 0. The van der Waals surface area contributed by atoms with Crippen LogP contribution in [-0.2, 0) is 11.8 Å². The van der Waals surface area contributed by atoms with E-state index in [0.717, 1.165) is 17.1 Å². The summed E-state index contributed by atoms with van der Waals surface area (Å²) in [6.45, 7) is -2.47. The molecule has 0 radical (unpaired) electrons. The van der Waals surface area contributed by atoms with E-state index >= 15 is 0 Å². The number of para-hydroxylation sites is 3. The van der Waals surface area contributed by atoms with Crippen molar-refractivity contribution in [3.05, 3.63) is 91.0 Å². The molecule has 0 aliphatic heterocycles. The smallest absolute Gasteiger partial charge is 0.190 e. The molecular weight excluding hydrogens is 363 g/mol. The SMILES string of the molecule is S=P(NNc1ccccc1)(NNc1ccccc1)NNc1ccccc1. The molecule has 0 amide bonds. The largest absolute Gasteiger partial charge is 0.315 e. The van der Waals surface area contributed by atoms with Gasteiger partial charge < -0.3 is 16.3 Å². The third-order valence-corrected chi connectivity index (χ3v) is 5.50. The Kier molecular flexibility index (Phi) is 6.60. The normalized spacial score (nSPS) is 10.9. The molecule has 0 heterocycles. The van der Waals surface area contributed by atoms with E-state index < -0.39 is 6.49 Å². The van der Waals surface area contributed by atoms with Crippen LogP contribution in [0.4, 0.5) is 17.1 Å². The van der Waals surface area contributed by atoms with Crippen LogP contribution in [0.2, 0.25) is 0 Å². The lowest BCUT2D eigenvalue weighted by Gasteiger charge is -2.27. The van der Waals surface area contributed by atoms with Crippen LogP contribution in [0.1, 0.15) is 0 Å². The van der Waals surface area contributed by atoms with Crippen LogP contribution >= 0.6 is 6.49 Å². The Morgan fingerprint density at radius 2 is 0.731 bits per heavy atom. The molecule has 0 aliphatic rings.